The maximum atomic E-state index is 12.4. The first-order valence-electron chi connectivity index (χ1n) is 3.72. The smallest absolute Gasteiger partial charge is 0.140 e. The van der Waals surface area contributed by atoms with Gasteiger partial charge in [-0.2, -0.15) is 0 Å². The molecule has 11 heavy (non-hydrogen) atoms. The lowest BCUT2D eigenvalue weighted by molar-refractivity contribution is 0.664. The summed E-state index contributed by atoms with van der Waals surface area (Å²) in [5, 5.41) is 0. The van der Waals surface area contributed by atoms with Gasteiger partial charge in [0.2, 0.25) is 0 Å². The second-order valence-electron chi connectivity index (χ2n) is 2.33. The van der Waals surface area contributed by atoms with E-state index in [1.807, 2.05) is 6.92 Å². The molecule has 0 saturated heterocycles. The number of hydrogen-bond acceptors (Lipinski definition) is 1. The van der Waals surface area contributed by atoms with Crippen LogP contribution in [0.3, 0.4) is 0 Å². The third-order valence-corrected chi connectivity index (χ3v) is 1.22. The second kappa shape index (κ2) is 5.83. The van der Waals surface area contributed by atoms with Crippen molar-refractivity contribution in [3.05, 3.63) is 24.7 Å². The van der Waals surface area contributed by atoms with Gasteiger partial charge in [0.15, 0.2) is 0 Å². The topological polar surface area (TPSA) is 12.4 Å². The molecular weight excluding hydrogens is 141 g/mol. The third-order valence-electron chi connectivity index (χ3n) is 1.22. The third kappa shape index (κ3) is 5.52. The molecule has 0 aromatic carbocycles. The zero-order valence-corrected chi connectivity index (χ0v) is 7.10. The first kappa shape index (κ1) is 10.1. The molecule has 0 aliphatic heterocycles. The molecule has 2 heteroatoms. The average molecular weight is 155 g/mol. The highest BCUT2D eigenvalue weighted by Crippen LogP contribution is 1.98. The van der Waals surface area contributed by atoms with Crippen LogP contribution >= 0.6 is 0 Å². The Morgan fingerprint density at radius 1 is 1.64 bits per heavy atom. The average Bonchev–Trinajstić information content (AvgIpc) is 2.01. The zero-order chi connectivity index (χ0) is 8.69. The Kier molecular flexibility index (Phi) is 5.35. The normalized spacial score (nSPS) is 13.4. The van der Waals surface area contributed by atoms with Gasteiger partial charge in [-0.1, -0.05) is 19.9 Å². The van der Waals surface area contributed by atoms with Gasteiger partial charge in [-0.25, -0.2) is 4.39 Å². The van der Waals surface area contributed by atoms with Crippen LogP contribution in [0, 0.1) is 0 Å². The summed E-state index contributed by atoms with van der Waals surface area (Å²) in [6.07, 6.45) is 4.29. The van der Waals surface area contributed by atoms with Crippen LogP contribution < -0.4 is 0 Å². The van der Waals surface area contributed by atoms with Crippen molar-refractivity contribution in [1.29, 1.82) is 0 Å². The Bertz CT molecular complexity index is 180. The number of hydrogen-bond donors (Lipinski definition) is 0. The van der Waals surface area contributed by atoms with E-state index in [1.165, 1.54) is 6.20 Å². The number of halogens is 1. The van der Waals surface area contributed by atoms with Crippen molar-refractivity contribution in [3.8, 4) is 0 Å². The predicted octanol–water partition coefficient (Wildman–Crippen LogP) is 3.24. The maximum absolute atomic E-state index is 12.4. The number of aliphatic imine (C=N–C) groups is 1. The van der Waals surface area contributed by atoms with Crippen LogP contribution in [0.25, 0.3) is 0 Å². The molecule has 0 atom stereocenters. The summed E-state index contributed by atoms with van der Waals surface area (Å²) >= 11 is 0. The number of nitrogens with zero attached hydrogens (tertiary/aromatic N) is 1. The van der Waals surface area contributed by atoms with Crippen molar-refractivity contribution >= 4 is 5.71 Å². The summed E-state index contributed by atoms with van der Waals surface area (Å²) < 4.78 is 12.4. The monoisotopic (exact) mass is 155 g/mol. The molecule has 1 nitrogen and oxygen atoms in total. The van der Waals surface area contributed by atoms with E-state index in [2.05, 4.69) is 18.5 Å². The molecule has 0 amide bonds. The fourth-order valence-electron chi connectivity index (χ4n) is 0.651. The molecule has 0 aromatic rings. The Hall–Kier alpha value is -0.920. The van der Waals surface area contributed by atoms with E-state index in [-0.39, 0.29) is 5.83 Å². The van der Waals surface area contributed by atoms with Gasteiger partial charge in [0.25, 0.3) is 0 Å². The zero-order valence-electron chi connectivity index (χ0n) is 7.10. The van der Waals surface area contributed by atoms with Crippen molar-refractivity contribution in [1.82, 2.24) is 0 Å². The largest absolute Gasteiger partial charge is 0.263 e. The van der Waals surface area contributed by atoms with Gasteiger partial charge >= 0.3 is 0 Å². The van der Waals surface area contributed by atoms with Gasteiger partial charge in [0.1, 0.15) is 5.83 Å². The Morgan fingerprint density at radius 2 is 2.27 bits per heavy atom. The molecule has 62 valence electrons. The van der Waals surface area contributed by atoms with Gasteiger partial charge in [-0.3, -0.25) is 4.99 Å². The van der Waals surface area contributed by atoms with E-state index in [1.54, 1.807) is 0 Å². The molecule has 0 aromatic heterocycles. The molecule has 0 spiro atoms. The quantitative estimate of drug-likeness (QED) is 0.436. The number of allylic oxidation sites excluding steroid dienone is 2. The van der Waals surface area contributed by atoms with E-state index in [4.69, 9.17) is 0 Å². The Balaban J connectivity index is 3.99. The van der Waals surface area contributed by atoms with Crippen molar-refractivity contribution in [2.75, 3.05) is 0 Å². The standard InChI is InChI=1S/C9H14FN/c1-4-6-8(3)11-7-9(10)5-2/h5,7H,2,4,6H2,1,3H3/b9-7+,11-8?. The van der Waals surface area contributed by atoms with Crippen LogP contribution in [0.5, 0.6) is 0 Å². The lowest BCUT2D eigenvalue weighted by atomic mass is 10.2. The second-order valence-corrected chi connectivity index (χ2v) is 2.33. The fraction of sp³-hybridized carbons (Fsp3) is 0.444. The summed E-state index contributed by atoms with van der Waals surface area (Å²) in [5.41, 5.74) is 0.949. The van der Waals surface area contributed by atoms with Crippen LogP contribution in [0.2, 0.25) is 0 Å². The van der Waals surface area contributed by atoms with E-state index >= 15 is 0 Å². The maximum Gasteiger partial charge on any atom is 0.140 e. The molecule has 0 N–H and O–H groups in total. The van der Waals surface area contributed by atoms with Crippen molar-refractivity contribution in [2.24, 2.45) is 4.99 Å². The van der Waals surface area contributed by atoms with E-state index < -0.39 is 0 Å². The molecule has 0 unspecified atom stereocenters. The van der Waals surface area contributed by atoms with Crippen molar-refractivity contribution in [2.45, 2.75) is 26.7 Å². The highest BCUT2D eigenvalue weighted by atomic mass is 19.1. The van der Waals surface area contributed by atoms with Crippen molar-refractivity contribution < 1.29 is 4.39 Å². The highest BCUT2D eigenvalue weighted by molar-refractivity contribution is 5.82. The van der Waals surface area contributed by atoms with Gasteiger partial charge in [-0.15, -0.1) is 0 Å². The molecule has 0 heterocycles. The van der Waals surface area contributed by atoms with Gasteiger partial charge in [0.05, 0.1) is 6.20 Å². The molecule has 0 bridgehead atoms. The van der Waals surface area contributed by atoms with Crippen molar-refractivity contribution in [3.63, 3.8) is 0 Å². The Morgan fingerprint density at radius 3 is 2.73 bits per heavy atom. The highest BCUT2D eigenvalue weighted by Gasteiger charge is 1.87. The van der Waals surface area contributed by atoms with Crippen LogP contribution in [-0.2, 0) is 0 Å². The van der Waals surface area contributed by atoms with Gasteiger partial charge in [0, 0.05) is 5.71 Å². The van der Waals surface area contributed by atoms with Crippen LogP contribution in [0.4, 0.5) is 4.39 Å². The van der Waals surface area contributed by atoms with Gasteiger partial charge in [-0.05, 0) is 19.4 Å². The van der Waals surface area contributed by atoms with E-state index in [9.17, 15) is 4.39 Å². The molecule has 0 radical (unpaired) electrons. The molecule has 0 fully saturated rings. The summed E-state index contributed by atoms with van der Waals surface area (Å²) in [7, 11) is 0. The van der Waals surface area contributed by atoms with Crippen LogP contribution in [0.15, 0.2) is 29.7 Å². The summed E-state index contributed by atoms with van der Waals surface area (Å²) in [6.45, 7) is 7.22. The lowest BCUT2D eigenvalue weighted by Crippen LogP contribution is -1.87. The Labute approximate surface area is 67.3 Å². The molecule has 0 aliphatic rings. The fourth-order valence-corrected chi connectivity index (χ4v) is 0.651. The predicted molar refractivity (Wildman–Crippen MR) is 47.4 cm³/mol. The van der Waals surface area contributed by atoms with Crippen LogP contribution in [0.1, 0.15) is 26.7 Å². The van der Waals surface area contributed by atoms with Gasteiger partial charge < -0.3 is 0 Å². The lowest BCUT2D eigenvalue weighted by Gasteiger charge is -1.92. The first-order valence-corrected chi connectivity index (χ1v) is 3.72. The molecule has 0 aliphatic carbocycles. The number of rotatable bonds is 4. The minimum Gasteiger partial charge on any atom is -0.263 e. The summed E-state index contributed by atoms with van der Waals surface area (Å²) in [4.78, 5) is 3.89. The first-order chi connectivity index (χ1) is 5.20. The molecule has 0 rings (SSSR count). The minimum absolute atomic E-state index is 0.388. The minimum atomic E-state index is -0.388. The summed E-state index contributed by atoms with van der Waals surface area (Å²) in [6, 6.07) is 0. The van der Waals surface area contributed by atoms with E-state index in [0.717, 1.165) is 24.6 Å². The van der Waals surface area contributed by atoms with Crippen LogP contribution in [-0.4, -0.2) is 5.71 Å². The molecule has 0 saturated carbocycles. The summed E-state index contributed by atoms with van der Waals surface area (Å²) in [5.74, 6) is -0.388. The van der Waals surface area contributed by atoms with E-state index in [0.29, 0.717) is 0 Å². The molecular formula is C9H14FN. The SMILES string of the molecule is C=C/C(F)=C\N=C(C)CCC.